The predicted molar refractivity (Wildman–Crippen MR) is 66.2 cm³/mol. The Morgan fingerprint density at radius 1 is 1.35 bits per heavy atom. The number of pyridine rings is 1. The van der Waals surface area contributed by atoms with Gasteiger partial charge in [-0.25, -0.2) is 9.97 Å². The molecule has 0 aromatic carbocycles. The third-order valence-corrected chi connectivity index (χ3v) is 3.34. The van der Waals surface area contributed by atoms with Crippen molar-refractivity contribution < 1.29 is 0 Å². The molecule has 2 aromatic rings. The molecule has 0 N–H and O–H groups in total. The Balaban J connectivity index is 2.06. The quantitative estimate of drug-likeness (QED) is 0.725. The van der Waals surface area contributed by atoms with Crippen molar-refractivity contribution in [3.05, 3.63) is 52.3 Å². The molecule has 0 saturated heterocycles. The fraction of sp³-hybridized carbons (Fsp3) is 0.308. The molecule has 0 saturated carbocycles. The number of nitrogens with zero attached hydrogens (tertiary/aromatic N) is 3. The van der Waals surface area contributed by atoms with Crippen LogP contribution in [0.2, 0.25) is 5.15 Å². The Bertz CT molecular complexity index is 548. The zero-order valence-corrected chi connectivity index (χ0v) is 10.3. The van der Waals surface area contributed by atoms with Gasteiger partial charge in [-0.15, -0.1) is 0 Å². The van der Waals surface area contributed by atoms with E-state index in [4.69, 9.17) is 11.6 Å². The molecule has 1 aliphatic carbocycles. The monoisotopic (exact) mass is 245 g/mol. The van der Waals surface area contributed by atoms with Gasteiger partial charge in [0.25, 0.3) is 0 Å². The Kier molecular flexibility index (Phi) is 2.56. The second-order valence-electron chi connectivity index (χ2n) is 4.30. The summed E-state index contributed by atoms with van der Waals surface area (Å²) in [4.78, 5) is 13.0. The van der Waals surface area contributed by atoms with E-state index in [2.05, 4.69) is 21.0 Å². The molecule has 1 aliphatic rings. The van der Waals surface area contributed by atoms with Crippen LogP contribution in [0.5, 0.6) is 0 Å². The lowest BCUT2D eigenvalue weighted by Crippen LogP contribution is -2.03. The van der Waals surface area contributed by atoms with E-state index in [9.17, 15) is 0 Å². The summed E-state index contributed by atoms with van der Waals surface area (Å²) >= 11 is 5.98. The lowest BCUT2D eigenvalue weighted by Gasteiger charge is -2.10. The molecule has 0 bridgehead atoms. The summed E-state index contributed by atoms with van der Waals surface area (Å²) in [5.41, 5.74) is 3.45. The van der Waals surface area contributed by atoms with Crippen molar-refractivity contribution in [1.82, 2.24) is 15.0 Å². The molecule has 86 valence electrons. The van der Waals surface area contributed by atoms with Gasteiger partial charge in [0.2, 0.25) is 0 Å². The van der Waals surface area contributed by atoms with E-state index in [1.807, 2.05) is 25.3 Å². The zero-order chi connectivity index (χ0) is 11.8. The van der Waals surface area contributed by atoms with Gasteiger partial charge in [-0.05, 0) is 37.5 Å². The fourth-order valence-corrected chi connectivity index (χ4v) is 2.67. The van der Waals surface area contributed by atoms with Crippen LogP contribution in [0.15, 0.2) is 24.4 Å². The predicted octanol–water partition coefficient (Wildman–Crippen LogP) is 2.91. The van der Waals surface area contributed by atoms with Gasteiger partial charge < -0.3 is 0 Å². The molecule has 17 heavy (non-hydrogen) atoms. The van der Waals surface area contributed by atoms with Crippen molar-refractivity contribution >= 4 is 11.6 Å². The van der Waals surface area contributed by atoms with Crippen LogP contribution in [0, 0.1) is 6.92 Å². The zero-order valence-electron chi connectivity index (χ0n) is 9.52. The normalized spacial score (nSPS) is 18.1. The van der Waals surface area contributed by atoms with Crippen LogP contribution in [0.1, 0.15) is 35.1 Å². The maximum absolute atomic E-state index is 5.98. The van der Waals surface area contributed by atoms with Crippen LogP contribution < -0.4 is 0 Å². The van der Waals surface area contributed by atoms with Crippen molar-refractivity contribution in [2.24, 2.45) is 0 Å². The molecule has 0 amide bonds. The molecule has 0 aliphatic heterocycles. The average Bonchev–Trinajstić information content (AvgIpc) is 2.71. The van der Waals surface area contributed by atoms with Gasteiger partial charge in [0.15, 0.2) is 0 Å². The van der Waals surface area contributed by atoms with Crippen molar-refractivity contribution in [2.75, 3.05) is 0 Å². The first-order valence-corrected chi connectivity index (χ1v) is 6.07. The largest absolute Gasteiger partial charge is 0.260 e. The minimum absolute atomic E-state index is 0.269. The highest BCUT2D eigenvalue weighted by Gasteiger charge is 2.26. The topological polar surface area (TPSA) is 38.7 Å². The maximum Gasteiger partial charge on any atom is 0.133 e. The summed E-state index contributed by atoms with van der Waals surface area (Å²) in [5.74, 6) is 0.988. The van der Waals surface area contributed by atoms with Crippen LogP contribution in [-0.2, 0) is 6.42 Å². The van der Waals surface area contributed by atoms with Gasteiger partial charge in [0, 0.05) is 12.1 Å². The minimum Gasteiger partial charge on any atom is -0.260 e. The molecule has 0 fully saturated rings. The molecule has 0 radical (unpaired) electrons. The molecule has 0 spiro atoms. The lowest BCUT2D eigenvalue weighted by molar-refractivity contribution is 0.736. The average molecular weight is 246 g/mol. The number of aryl methyl sites for hydroxylation is 2. The molecular formula is C13H12ClN3. The van der Waals surface area contributed by atoms with E-state index in [0.29, 0.717) is 5.15 Å². The number of aromatic nitrogens is 3. The summed E-state index contributed by atoms with van der Waals surface area (Å²) in [6, 6.07) is 5.97. The Labute approximate surface area is 105 Å². The SMILES string of the molecule is Cc1nc(Cl)cc(C2CCc3cccnc32)n1. The second kappa shape index (κ2) is 4.08. The van der Waals surface area contributed by atoms with Gasteiger partial charge >= 0.3 is 0 Å². The van der Waals surface area contributed by atoms with Crippen LogP contribution in [0.25, 0.3) is 0 Å². The highest BCUT2D eigenvalue weighted by molar-refractivity contribution is 6.29. The van der Waals surface area contributed by atoms with E-state index in [0.717, 1.165) is 30.1 Å². The highest BCUT2D eigenvalue weighted by Crippen LogP contribution is 2.35. The molecule has 3 nitrogen and oxygen atoms in total. The van der Waals surface area contributed by atoms with E-state index >= 15 is 0 Å². The summed E-state index contributed by atoms with van der Waals surface area (Å²) in [5, 5.41) is 0.511. The van der Waals surface area contributed by atoms with Crippen molar-refractivity contribution in [1.29, 1.82) is 0 Å². The third-order valence-electron chi connectivity index (χ3n) is 3.14. The van der Waals surface area contributed by atoms with Crippen molar-refractivity contribution in [3.8, 4) is 0 Å². The van der Waals surface area contributed by atoms with Crippen LogP contribution >= 0.6 is 11.6 Å². The summed E-state index contributed by atoms with van der Waals surface area (Å²) in [7, 11) is 0. The molecule has 3 rings (SSSR count). The minimum atomic E-state index is 0.269. The van der Waals surface area contributed by atoms with Crippen LogP contribution in [-0.4, -0.2) is 15.0 Å². The number of hydrogen-bond donors (Lipinski definition) is 0. The standard InChI is InChI=1S/C13H12ClN3/c1-8-16-11(7-12(14)17-8)10-5-4-9-3-2-6-15-13(9)10/h2-3,6-7,10H,4-5H2,1H3. The first kappa shape index (κ1) is 10.7. The van der Waals surface area contributed by atoms with Crippen molar-refractivity contribution in [3.63, 3.8) is 0 Å². The van der Waals surface area contributed by atoms with E-state index in [-0.39, 0.29) is 5.92 Å². The van der Waals surface area contributed by atoms with Gasteiger partial charge in [0.05, 0.1) is 11.4 Å². The smallest absolute Gasteiger partial charge is 0.133 e. The second-order valence-corrected chi connectivity index (χ2v) is 4.69. The number of rotatable bonds is 1. The summed E-state index contributed by atoms with van der Waals surface area (Å²) < 4.78 is 0. The van der Waals surface area contributed by atoms with Gasteiger partial charge in [-0.3, -0.25) is 4.98 Å². The van der Waals surface area contributed by atoms with E-state index < -0.39 is 0 Å². The van der Waals surface area contributed by atoms with Gasteiger partial charge in [-0.1, -0.05) is 17.7 Å². The molecular weight excluding hydrogens is 234 g/mol. The Hall–Kier alpha value is -1.48. The molecule has 1 atom stereocenters. The van der Waals surface area contributed by atoms with Crippen molar-refractivity contribution in [2.45, 2.75) is 25.7 Å². The van der Waals surface area contributed by atoms with Gasteiger partial charge in [0.1, 0.15) is 11.0 Å². The fourth-order valence-electron chi connectivity index (χ4n) is 2.43. The van der Waals surface area contributed by atoms with Crippen LogP contribution in [0.3, 0.4) is 0 Å². The van der Waals surface area contributed by atoms with Crippen LogP contribution in [0.4, 0.5) is 0 Å². The first-order chi connectivity index (χ1) is 8.24. The molecule has 4 heteroatoms. The van der Waals surface area contributed by atoms with E-state index in [1.54, 1.807) is 0 Å². The first-order valence-electron chi connectivity index (χ1n) is 5.69. The lowest BCUT2D eigenvalue weighted by atomic mass is 10.0. The number of hydrogen-bond acceptors (Lipinski definition) is 3. The number of fused-ring (bicyclic) bond motifs is 1. The summed E-state index contributed by atoms with van der Waals surface area (Å²) in [6.45, 7) is 1.86. The van der Waals surface area contributed by atoms with Gasteiger partial charge in [-0.2, -0.15) is 0 Å². The highest BCUT2D eigenvalue weighted by atomic mass is 35.5. The maximum atomic E-state index is 5.98. The summed E-state index contributed by atoms with van der Waals surface area (Å²) in [6.07, 6.45) is 3.96. The Morgan fingerprint density at radius 2 is 2.24 bits per heavy atom. The third kappa shape index (κ3) is 1.91. The number of halogens is 1. The van der Waals surface area contributed by atoms with E-state index in [1.165, 1.54) is 5.56 Å². The molecule has 2 heterocycles. The molecule has 1 unspecified atom stereocenters. The Morgan fingerprint density at radius 3 is 3.06 bits per heavy atom. The molecule has 2 aromatic heterocycles.